The number of carbonyl (C=O) groups excluding carboxylic acids is 1. The van der Waals surface area contributed by atoms with Gasteiger partial charge in [-0.3, -0.25) is 9.69 Å². The summed E-state index contributed by atoms with van der Waals surface area (Å²) in [6, 6.07) is 19.7. The maximum absolute atomic E-state index is 14.8. The molecule has 1 fully saturated rings. The second kappa shape index (κ2) is 9.03. The van der Waals surface area contributed by atoms with Gasteiger partial charge in [0.05, 0.1) is 16.9 Å². The molecule has 0 spiro atoms. The van der Waals surface area contributed by atoms with E-state index in [2.05, 4.69) is 33.0 Å². The number of benzene rings is 3. The predicted molar refractivity (Wildman–Crippen MR) is 127 cm³/mol. The Labute approximate surface area is 191 Å². The number of hydrogen-bond acceptors (Lipinski definition) is 4. The van der Waals surface area contributed by atoms with E-state index in [1.807, 2.05) is 18.2 Å². The standard InChI is InChI=1S/C26H24F2N4O/c27-21-7-4-8-24-25(21)20(26(33)31-24)14-29-18-9-10-23(22(28)13-18)30-19-11-12-32(16-19)15-17-5-2-1-3-6-17/h1-10,13-14,19,29-30H,11-12,15-16H2,(H,31,33)/b20-14-. The lowest BCUT2D eigenvalue weighted by molar-refractivity contribution is -0.110. The van der Waals surface area contributed by atoms with Gasteiger partial charge in [0.25, 0.3) is 5.91 Å². The quantitative estimate of drug-likeness (QED) is 0.464. The monoisotopic (exact) mass is 446 g/mol. The Morgan fingerprint density at radius 2 is 1.88 bits per heavy atom. The zero-order valence-corrected chi connectivity index (χ0v) is 17.9. The first-order valence-electron chi connectivity index (χ1n) is 11.0. The van der Waals surface area contributed by atoms with Gasteiger partial charge < -0.3 is 16.0 Å². The minimum absolute atomic E-state index is 0.172. The van der Waals surface area contributed by atoms with Crippen LogP contribution in [0.5, 0.6) is 0 Å². The van der Waals surface area contributed by atoms with Gasteiger partial charge in [0, 0.05) is 43.1 Å². The lowest BCUT2D eigenvalue weighted by Gasteiger charge is -2.18. The van der Waals surface area contributed by atoms with E-state index in [4.69, 9.17) is 0 Å². The van der Waals surface area contributed by atoms with Crippen LogP contribution in [-0.4, -0.2) is 29.9 Å². The van der Waals surface area contributed by atoms with Crippen molar-refractivity contribution in [2.45, 2.75) is 19.0 Å². The molecule has 1 atom stereocenters. The molecule has 2 heterocycles. The van der Waals surface area contributed by atoms with Crippen LogP contribution in [0.1, 0.15) is 17.5 Å². The van der Waals surface area contributed by atoms with E-state index in [-0.39, 0.29) is 23.0 Å². The third kappa shape index (κ3) is 4.59. The van der Waals surface area contributed by atoms with Crippen molar-refractivity contribution in [3.05, 3.63) is 95.7 Å². The third-order valence-electron chi connectivity index (χ3n) is 6.01. The van der Waals surface area contributed by atoms with E-state index in [0.717, 1.165) is 26.1 Å². The van der Waals surface area contributed by atoms with Gasteiger partial charge in [0.2, 0.25) is 0 Å². The van der Waals surface area contributed by atoms with Crippen LogP contribution in [0, 0.1) is 11.6 Å². The summed E-state index contributed by atoms with van der Waals surface area (Å²) in [7, 11) is 0. The van der Waals surface area contributed by atoms with Crippen LogP contribution < -0.4 is 16.0 Å². The number of nitrogens with one attached hydrogen (secondary N) is 3. The van der Waals surface area contributed by atoms with Crippen LogP contribution in [0.25, 0.3) is 5.57 Å². The highest BCUT2D eigenvalue weighted by atomic mass is 19.1. The summed E-state index contributed by atoms with van der Waals surface area (Å²) in [5.74, 6) is -1.27. The molecule has 0 radical (unpaired) electrons. The first kappa shape index (κ1) is 21.2. The van der Waals surface area contributed by atoms with Crippen molar-refractivity contribution < 1.29 is 13.6 Å². The smallest absolute Gasteiger partial charge is 0.257 e. The van der Waals surface area contributed by atoms with Gasteiger partial charge >= 0.3 is 0 Å². The molecular weight excluding hydrogens is 422 g/mol. The molecule has 33 heavy (non-hydrogen) atoms. The van der Waals surface area contributed by atoms with E-state index in [1.165, 1.54) is 30.0 Å². The van der Waals surface area contributed by atoms with E-state index in [9.17, 15) is 13.6 Å². The summed E-state index contributed by atoms with van der Waals surface area (Å²) in [4.78, 5) is 14.5. The summed E-state index contributed by atoms with van der Waals surface area (Å²) in [6.45, 7) is 2.69. The highest BCUT2D eigenvalue weighted by Gasteiger charge is 2.27. The van der Waals surface area contributed by atoms with Crippen molar-refractivity contribution >= 4 is 28.5 Å². The van der Waals surface area contributed by atoms with Gasteiger partial charge in [0.15, 0.2) is 0 Å². The summed E-state index contributed by atoms with van der Waals surface area (Å²) in [5, 5.41) is 8.85. The Hall–Kier alpha value is -3.71. The Morgan fingerprint density at radius 1 is 1.03 bits per heavy atom. The van der Waals surface area contributed by atoms with Crippen molar-refractivity contribution in [2.24, 2.45) is 0 Å². The predicted octanol–water partition coefficient (Wildman–Crippen LogP) is 5.06. The van der Waals surface area contributed by atoms with Crippen LogP contribution in [0.3, 0.4) is 0 Å². The number of fused-ring (bicyclic) bond motifs is 1. The first-order valence-corrected chi connectivity index (χ1v) is 11.0. The summed E-state index contributed by atoms with van der Waals surface area (Å²) < 4.78 is 28.9. The number of amides is 1. The molecule has 1 amide bonds. The van der Waals surface area contributed by atoms with Gasteiger partial charge in [-0.25, -0.2) is 8.78 Å². The molecule has 2 aliphatic heterocycles. The maximum Gasteiger partial charge on any atom is 0.257 e. The van der Waals surface area contributed by atoms with Gasteiger partial charge in [0.1, 0.15) is 11.6 Å². The summed E-state index contributed by atoms with van der Waals surface area (Å²) in [5.41, 5.74) is 3.00. The Morgan fingerprint density at radius 3 is 2.70 bits per heavy atom. The third-order valence-corrected chi connectivity index (χ3v) is 6.01. The molecular formula is C26H24F2N4O. The van der Waals surface area contributed by atoms with Gasteiger partial charge in [-0.15, -0.1) is 0 Å². The molecule has 0 bridgehead atoms. The van der Waals surface area contributed by atoms with Crippen LogP contribution in [0.2, 0.25) is 0 Å². The van der Waals surface area contributed by atoms with Crippen molar-refractivity contribution in [3.63, 3.8) is 0 Å². The normalized spacial score (nSPS) is 18.9. The van der Waals surface area contributed by atoms with Crippen molar-refractivity contribution in [1.82, 2.24) is 4.90 Å². The molecule has 0 aromatic heterocycles. The van der Waals surface area contributed by atoms with E-state index < -0.39 is 11.7 Å². The zero-order chi connectivity index (χ0) is 22.8. The molecule has 0 saturated carbocycles. The van der Waals surface area contributed by atoms with Gasteiger partial charge in [-0.1, -0.05) is 36.4 Å². The molecule has 0 aliphatic carbocycles. The van der Waals surface area contributed by atoms with Crippen LogP contribution in [-0.2, 0) is 11.3 Å². The van der Waals surface area contributed by atoms with E-state index in [0.29, 0.717) is 17.1 Å². The van der Waals surface area contributed by atoms with Crippen molar-refractivity contribution in [2.75, 3.05) is 29.0 Å². The first-order chi connectivity index (χ1) is 16.1. The van der Waals surface area contributed by atoms with Crippen LogP contribution in [0.15, 0.2) is 72.9 Å². The Kier molecular flexibility index (Phi) is 5.79. The minimum Gasteiger partial charge on any atom is -0.379 e. The van der Waals surface area contributed by atoms with E-state index >= 15 is 0 Å². The number of hydrogen-bond donors (Lipinski definition) is 3. The fourth-order valence-corrected chi connectivity index (χ4v) is 4.38. The van der Waals surface area contributed by atoms with Crippen LogP contribution in [0.4, 0.5) is 25.8 Å². The summed E-state index contributed by atoms with van der Waals surface area (Å²) >= 11 is 0. The van der Waals surface area contributed by atoms with Crippen LogP contribution >= 0.6 is 0 Å². The maximum atomic E-state index is 14.8. The van der Waals surface area contributed by atoms with Gasteiger partial charge in [-0.05, 0) is 42.3 Å². The summed E-state index contributed by atoms with van der Waals surface area (Å²) in [6.07, 6.45) is 2.35. The molecule has 1 saturated heterocycles. The van der Waals surface area contributed by atoms with Gasteiger partial charge in [-0.2, -0.15) is 0 Å². The fraction of sp³-hybridized carbons (Fsp3) is 0.192. The number of anilines is 3. The molecule has 2 aliphatic rings. The topological polar surface area (TPSA) is 56.4 Å². The molecule has 3 aromatic carbocycles. The highest BCUT2D eigenvalue weighted by molar-refractivity contribution is 6.31. The Balaban J connectivity index is 1.22. The fourth-order valence-electron chi connectivity index (χ4n) is 4.38. The molecule has 5 nitrogen and oxygen atoms in total. The SMILES string of the molecule is O=C1Nc2cccc(F)c2/C1=C/Nc1ccc(NC2CCN(Cc3ccccc3)C2)c(F)c1. The molecule has 3 aromatic rings. The lowest BCUT2D eigenvalue weighted by atomic mass is 10.1. The van der Waals surface area contributed by atoms with Crippen molar-refractivity contribution in [3.8, 4) is 0 Å². The zero-order valence-electron chi connectivity index (χ0n) is 17.9. The molecule has 3 N–H and O–H groups in total. The minimum atomic E-state index is -0.484. The number of carbonyl (C=O) groups is 1. The lowest BCUT2D eigenvalue weighted by Crippen LogP contribution is -2.26. The second-order valence-corrected chi connectivity index (χ2v) is 8.36. The molecule has 168 valence electrons. The molecule has 5 rings (SSSR count). The number of rotatable bonds is 6. The highest BCUT2D eigenvalue weighted by Crippen LogP contribution is 2.33. The van der Waals surface area contributed by atoms with E-state index in [1.54, 1.807) is 18.2 Å². The molecule has 1 unspecified atom stereocenters. The number of likely N-dealkylation sites (tertiary alicyclic amines) is 1. The van der Waals surface area contributed by atoms with Crippen molar-refractivity contribution in [1.29, 1.82) is 0 Å². The average molecular weight is 447 g/mol. The average Bonchev–Trinajstić information content (AvgIpc) is 3.38. The number of halogens is 2. The largest absolute Gasteiger partial charge is 0.379 e. The second-order valence-electron chi connectivity index (χ2n) is 8.36. The molecule has 7 heteroatoms. The number of nitrogens with zero attached hydrogens (tertiary/aromatic N) is 1. The Bertz CT molecular complexity index is 1210.